The normalized spacial score (nSPS) is 16.0. The molecule has 336 valence electrons. The first-order valence-corrected chi connectivity index (χ1v) is 11.2. The molecule has 0 unspecified atom stereocenters. The smallest absolute Gasteiger partial charge is 0.544 e. The molecule has 0 atom stereocenters. The molecule has 0 spiro atoms. The summed E-state index contributed by atoms with van der Waals surface area (Å²) in [4.78, 5) is 19.3. The molecule has 0 N–H and O–H groups in total. The van der Waals surface area contributed by atoms with Gasteiger partial charge in [0, 0.05) is 0 Å². The molecule has 0 rings (SSSR count). The Bertz CT molecular complexity index is 1340. The van der Waals surface area contributed by atoms with E-state index in [-0.39, 0.29) is 48.9 Å². The largest absolute Gasteiger partial charge is 2.00 e. The van der Waals surface area contributed by atoms with Crippen LogP contribution in [0.4, 0.5) is 149 Å². The standard InChI is InChI=1S/2C9HF17O2.Ba/c2*10-2(11,1(27)28)3(12,13)4(14,15)5(16,17)6(18,19)7(20,21)8(22,23)9(24,25)26;/h2*(H,27,28);/q;;+2/p-2. The second-order valence-electron chi connectivity index (χ2n) is 9.61. The molecule has 0 saturated heterocycles. The molecule has 0 saturated carbocycles. The van der Waals surface area contributed by atoms with Gasteiger partial charge < -0.3 is 19.8 Å². The van der Waals surface area contributed by atoms with Crippen LogP contribution in [0.15, 0.2) is 0 Å². The van der Waals surface area contributed by atoms with Crippen LogP contribution in [0.1, 0.15) is 0 Å². The Morgan fingerprint density at radius 1 is 0.228 bits per heavy atom. The molecule has 0 aromatic rings. The summed E-state index contributed by atoms with van der Waals surface area (Å²) in [5.74, 6) is -127. The number of hydrogen-bond donors (Lipinski definition) is 0. The van der Waals surface area contributed by atoms with Crippen LogP contribution in [-0.4, -0.2) is 156 Å². The second kappa shape index (κ2) is 15.2. The van der Waals surface area contributed by atoms with Gasteiger partial charge in [-0.2, -0.15) is 149 Å². The van der Waals surface area contributed by atoms with Crippen LogP contribution in [0.2, 0.25) is 0 Å². The van der Waals surface area contributed by atoms with E-state index < -0.39 is 107 Å². The van der Waals surface area contributed by atoms with Crippen LogP contribution >= 0.6 is 0 Å². The first kappa shape index (κ1) is 59.4. The third-order valence-electron chi connectivity index (χ3n) is 5.96. The van der Waals surface area contributed by atoms with Crippen molar-refractivity contribution in [2.45, 2.75) is 95.3 Å². The zero-order chi connectivity index (χ0) is 47.2. The van der Waals surface area contributed by atoms with Gasteiger partial charge in [-0.3, -0.25) is 0 Å². The third-order valence-corrected chi connectivity index (χ3v) is 5.96. The maximum Gasteiger partial charge on any atom is 2.00 e. The van der Waals surface area contributed by atoms with Crippen LogP contribution in [0, 0.1) is 0 Å². The molecule has 0 aliphatic carbocycles. The molecule has 4 nitrogen and oxygen atoms in total. The molecular formula is C18BaF34O4. The molecule has 0 amide bonds. The fourth-order valence-electron chi connectivity index (χ4n) is 2.58. The summed E-state index contributed by atoms with van der Waals surface area (Å²) in [5.41, 5.74) is 0. The van der Waals surface area contributed by atoms with Crippen molar-refractivity contribution in [3.63, 3.8) is 0 Å². The van der Waals surface area contributed by atoms with Crippen LogP contribution in [-0.2, 0) is 9.59 Å². The molecular weight excluding hydrogens is 1060 g/mol. The summed E-state index contributed by atoms with van der Waals surface area (Å²) in [5, 5.41) is 19.3. The number of carboxylic acids is 2. The second-order valence-corrected chi connectivity index (χ2v) is 9.61. The van der Waals surface area contributed by atoms with Crippen LogP contribution in [0.25, 0.3) is 0 Å². The Morgan fingerprint density at radius 2 is 0.333 bits per heavy atom. The molecule has 0 aliphatic heterocycles. The number of carbonyl (C=O) groups excluding carboxylic acids is 2. The van der Waals surface area contributed by atoms with Crippen molar-refractivity contribution in [3.8, 4) is 0 Å². The summed E-state index contributed by atoms with van der Waals surface area (Å²) in [6.45, 7) is 0. The van der Waals surface area contributed by atoms with Gasteiger partial charge in [-0.1, -0.05) is 0 Å². The van der Waals surface area contributed by atoms with E-state index >= 15 is 0 Å². The topological polar surface area (TPSA) is 80.3 Å². The predicted molar refractivity (Wildman–Crippen MR) is 97.1 cm³/mol. The monoisotopic (exact) mass is 1060 g/mol. The molecule has 0 aromatic carbocycles. The molecule has 0 heterocycles. The fraction of sp³-hybridized carbons (Fsp3) is 0.889. The van der Waals surface area contributed by atoms with Gasteiger partial charge in [-0.25, -0.2) is 0 Å². The minimum absolute atomic E-state index is 0. The van der Waals surface area contributed by atoms with E-state index in [1.54, 1.807) is 0 Å². The average molecular weight is 1060 g/mol. The number of aliphatic carboxylic acids is 2. The van der Waals surface area contributed by atoms with Gasteiger partial charge in [0.05, 0.1) is 0 Å². The molecule has 0 bridgehead atoms. The van der Waals surface area contributed by atoms with E-state index in [9.17, 15) is 169 Å². The van der Waals surface area contributed by atoms with E-state index in [1.807, 2.05) is 0 Å². The van der Waals surface area contributed by atoms with Crippen molar-refractivity contribution < 1.29 is 169 Å². The Kier molecular flexibility index (Phi) is 15.9. The van der Waals surface area contributed by atoms with Gasteiger partial charge in [-0.05, 0) is 0 Å². The summed E-state index contributed by atoms with van der Waals surface area (Å²) >= 11 is 0. The average Bonchev–Trinajstić information content (AvgIpc) is 2.94. The van der Waals surface area contributed by atoms with Crippen molar-refractivity contribution in [1.29, 1.82) is 0 Å². The zero-order valence-corrected chi connectivity index (χ0v) is 28.6. The number of hydrogen-bond acceptors (Lipinski definition) is 4. The molecule has 39 heteroatoms. The van der Waals surface area contributed by atoms with Gasteiger partial charge in [0.15, 0.2) is 0 Å². The molecule has 57 heavy (non-hydrogen) atoms. The Labute approximate surface area is 324 Å². The molecule has 0 fully saturated rings. The van der Waals surface area contributed by atoms with Crippen molar-refractivity contribution >= 4 is 60.8 Å². The van der Waals surface area contributed by atoms with Crippen molar-refractivity contribution in [1.82, 2.24) is 0 Å². The van der Waals surface area contributed by atoms with E-state index in [0.29, 0.717) is 0 Å². The van der Waals surface area contributed by atoms with Gasteiger partial charge in [0.2, 0.25) is 0 Å². The van der Waals surface area contributed by atoms with Crippen molar-refractivity contribution in [3.05, 3.63) is 0 Å². The van der Waals surface area contributed by atoms with E-state index in [4.69, 9.17) is 0 Å². The zero-order valence-electron chi connectivity index (χ0n) is 24.2. The fourth-order valence-corrected chi connectivity index (χ4v) is 2.58. The number of carboxylic acid groups (broad SMARTS) is 2. The number of alkyl halides is 34. The summed E-state index contributed by atoms with van der Waals surface area (Å²) in [6, 6.07) is 0. The van der Waals surface area contributed by atoms with Crippen molar-refractivity contribution in [2.75, 3.05) is 0 Å². The molecule has 0 aromatic heterocycles. The Morgan fingerprint density at radius 3 is 0.439 bits per heavy atom. The van der Waals surface area contributed by atoms with E-state index in [1.165, 1.54) is 0 Å². The Balaban J connectivity index is -0.00000101. The van der Waals surface area contributed by atoms with E-state index in [0.717, 1.165) is 0 Å². The summed E-state index contributed by atoms with van der Waals surface area (Å²) in [6.07, 6.45) is -15.7. The molecule has 0 radical (unpaired) electrons. The summed E-state index contributed by atoms with van der Waals surface area (Å²) < 4.78 is 427. The number of carbonyl (C=O) groups is 2. The number of halogens is 34. The van der Waals surface area contributed by atoms with Gasteiger partial charge in [-0.15, -0.1) is 0 Å². The van der Waals surface area contributed by atoms with E-state index in [2.05, 4.69) is 0 Å². The summed E-state index contributed by atoms with van der Waals surface area (Å²) in [7, 11) is 0. The maximum atomic E-state index is 13.0. The van der Waals surface area contributed by atoms with Gasteiger partial charge in [0.25, 0.3) is 0 Å². The predicted octanol–water partition coefficient (Wildman–Crippen LogP) is 7.11. The van der Waals surface area contributed by atoms with Crippen LogP contribution in [0.5, 0.6) is 0 Å². The minimum atomic E-state index is -8.79. The molecule has 0 aliphatic rings. The van der Waals surface area contributed by atoms with Gasteiger partial charge >= 0.3 is 144 Å². The van der Waals surface area contributed by atoms with Gasteiger partial charge in [0.1, 0.15) is 11.9 Å². The van der Waals surface area contributed by atoms with Crippen LogP contribution in [0.3, 0.4) is 0 Å². The minimum Gasteiger partial charge on any atom is -0.544 e. The maximum absolute atomic E-state index is 13.0. The first-order valence-electron chi connectivity index (χ1n) is 11.2. The Hall–Kier alpha value is -1.87. The first-order chi connectivity index (χ1) is 23.4. The third kappa shape index (κ3) is 7.94. The quantitative estimate of drug-likeness (QED) is 0.137. The van der Waals surface area contributed by atoms with Crippen LogP contribution < -0.4 is 10.2 Å². The van der Waals surface area contributed by atoms with Crippen molar-refractivity contribution in [2.24, 2.45) is 0 Å². The number of rotatable bonds is 14. The SMILES string of the molecule is O=C([O-])C(F)(F)C(F)(F)C(F)(F)C(F)(F)C(F)(F)C(F)(F)C(F)(F)C(F)(F)F.O=C([O-])C(F)(F)C(F)(F)C(F)(F)C(F)(F)C(F)(F)C(F)(F)C(F)(F)C(F)(F)F.[Ba+2].